The van der Waals surface area contributed by atoms with E-state index in [2.05, 4.69) is 15.3 Å². The van der Waals surface area contributed by atoms with Crippen LogP contribution in [0.3, 0.4) is 0 Å². The normalized spacial score (nSPS) is 11.6. The van der Waals surface area contributed by atoms with Crippen molar-refractivity contribution in [3.8, 4) is 11.4 Å². The third-order valence-corrected chi connectivity index (χ3v) is 2.96. The van der Waals surface area contributed by atoms with Crippen molar-refractivity contribution in [1.82, 2.24) is 10.1 Å². The van der Waals surface area contributed by atoms with E-state index in [1.165, 1.54) is 13.4 Å². The predicted octanol–water partition coefficient (Wildman–Crippen LogP) is 2.22. The maximum absolute atomic E-state index is 9.05. The Morgan fingerprint density at radius 1 is 1.27 bits per heavy atom. The third kappa shape index (κ3) is 2.75. The lowest BCUT2D eigenvalue weighted by atomic mass is 10.1. The summed E-state index contributed by atoms with van der Waals surface area (Å²) in [6.45, 7) is -0.0130. The lowest BCUT2D eigenvalue weighted by Crippen LogP contribution is -2.03. The molecule has 0 radical (unpaired) electrons. The number of aromatic nitrogens is 2. The Labute approximate surface area is 125 Å². The number of hydrogen-bond donors (Lipinski definition) is 1. The topological polar surface area (TPSA) is 93.9 Å². The van der Waals surface area contributed by atoms with Gasteiger partial charge in [-0.2, -0.15) is 4.98 Å². The second-order valence-electron chi connectivity index (χ2n) is 4.38. The van der Waals surface area contributed by atoms with Gasteiger partial charge in [0.2, 0.25) is 11.5 Å². The first-order valence-corrected chi connectivity index (χ1v) is 6.51. The van der Waals surface area contributed by atoms with E-state index in [1.807, 2.05) is 0 Å². The van der Waals surface area contributed by atoms with E-state index in [0.717, 1.165) is 11.1 Å². The van der Waals surface area contributed by atoms with Crippen LogP contribution in [-0.2, 0) is 11.4 Å². The molecule has 2 aromatic heterocycles. The smallest absolute Gasteiger partial charge is 0.284 e. The summed E-state index contributed by atoms with van der Waals surface area (Å²) < 4.78 is 10.5. The molecule has 0 fully saturated rings. The van der Waals surface area contributed by atoms with Gasteiger partial charge < -0.3 is 18.9 Å². The Bertz CT molecular complexity index is 760. The molecule has 0 aliphatic rings. The zero-order chi connectivity index (χ0) is 15.4. The molecule has 0 unspecified atom stereocenters. The number of oxime groups is 1. The van der Waals surface area contributed by atoms with Crippen LogP contribution in [0.4, 0.5) is 0 Å². The summed E-state index contributed by atoms with van der Waals surface area (Å²) in [5, 5.41) is 16.8. The van der Waals surface area contributed by atoms with Crippen LogP contribution in [0.15, 0.2) is 56.8 Å². The highest BCUT2D eigenvalue weighted by Gasteiger charge is 2.19. The van der Waals surface area contributed by atoms with Crippen molar-refractivity contribution in [2.45, 2.75) is 6.61 Å². The van der Waals surface area contributed by atoms with E-state index in [9.17, 15) is 0 Å². The summed E-state index contributed by atoms with van der Waals surface area (Å²) in [6, 6.07) is 10.6. The second kappa shape index (κ2) is 6.23. The van der Waals surface area contributed by atoms with Gasteiger partial charge in [-0.05, 0) is 17.7 Å². The molecule has 0 spiro atoms. The Morgan fingerprint density at radius 2 is 2.09 bits per heavy atom. The number of aliphatic hydroxyl groups excluding tert-OH is 1. The van der Waals surface area contributed by atoms with E-state index in [-0.39, 0.29) is 12.5 Å². The van der Waals surface area contributed by atoms with Crippen molar-refractivity contribution < 1.29 is 18.9 Å². The number of rotatable bonds is 5. The van der Waals surface area contributed by atoms with E-state index in [0.29, 0.717) is 17.3 Å². The molecule has 2 heterocycles. The molecule has 1 N–H and O–H groups in total. The number of hydrogen-bond acceptors (Lipinski definition) is 7. The predicted molar refractivity (Wildman–Crippen MR) is 77.0 cm³/mol. The van der Waals surface area contributed by atoms with Gasteiger partial charge in [-0.3, -0.25) is 0 Å². The van der Waals surface area contributed by atoms with Gasteiger partial charge in [0.15, 0.2) is 5.76 Å². The molecule has 112 valence electrons. The molecule has 0 atom stereocenters. The standard InChI is InChI=1S/C15H13N3O4/c1-20-17-13(12-3-2-8-21-12)15-16-14(18-22-15)11-6-4-10(9-19)5-7-11/h2-8,19H,9H2,1H3. The average Bonchev–Trinajstić information content (AvgIpc) is 3.24. The molecule has 7 nitrogen and oxygen atoms in total. The largest absolute Gasteiger partial charge is 0.462 e. The third-order valence-electron chi connectivity index (χ3n) is 2.96. The van der Waals surface area contributed by atoms with Crippen molar-refractivity contribution in [3.63, 3.8) is 0 Å². The quantitative estimate of drug-likeness (QED) is 0.573. The monoisotopic (exact) mass is 299 g/mol. The van der Waals surface area contributed by atoms with Crippen LogP contribution in [0.2, 0.25) is 0 Å². The van der Waals surface area contributed by atoms with Crippen LogP contribution in [0, 0.1) is 0 Å². The van der Waals surface area contributed by atoms with Crippen LogP contribution in [0.1, 0.15) is 17.2 Å². The Hall–Kier alpha value is -2.93. The lowest BCUT2D eigenvalue weighted by molar-refractivity contribution is 0.212. The molecule has 0 saturated heterocycles. The molecular formula is C15H13N3O4. The Balaban J connectivity index is 1.93. The van der Waals surface area contributed by atoms with Crippen LogP contribution in [0.25, 0.3) is 11.4 Å². The van der Waals surface area contributed by atoms with E-state index >= 15 is 0 Å². The fourth-order valence-electron chi connectivity index (χ4n) is 1.89. The molecule has 0 saturated carbocycles. The minimum Gasteiger partial charge on any atom is -0.462 e. The number of nitrogens with zero attached hydrogens (tertiary/aromatic N) is 3. The summed E-state index contributed by atoms with van der Waals surface area (Å²) >= 11 is 0. The molecule has 7 heteroatoms. The van der Waals surface area contributed by atoms with Crippen LogP contribution in [-0.4, -0.2) is 28.1 Å². The van der Waals surface area contributed by atoms with Crippen LogP contribution >= 0.6 is 0 Å². The fourth-order valence-corrected chi connectivity index (χ4v) is 1.89. The minimum atomic E-state index is -0.0130. The Kier molecular flexibility index (Phi) is 3.97. The van der Waals surface area contributed by atoms with Crippen LogP contribution < -0.4 is 0 Å². The number of furan rings is 1. The summed E-state index contributed by atoms with van der Waals surface area (Å²) in [5.74, 6) is 1.07. The first kappa shape index (κ1) is 14.0. The summed E-state index contributed by atoms with van der Waals surface area (Å²) in [5.41, 5.74) is 1.89. The highest BCUT2D eigenvalue weighted by molar-refractivity contribution is 6.07. The van der Waals surface area contributed by atoms with Gasteiger partial charge in [-0.15, -0.1) is 0 Å². The molecule has 22 heavy (non-hydrogen) atoms. The summed E-state index contributed by atoms with van der Waals surface area (Å²) in [4.78, 5) is 9.10. The van der Waals surface area contributed by atoms with Gasteiger partial charge in [-0.1, -0.05) is 34.6 Å². The SMILES string of the molecule is CON=C(c1ccco1)c1nc(-c2ccc(CO)cc2)no1. The van der Waals surface area contributed by atoms with Gasteiger partial charge in [0.1, 0.15) is 7.11 Å². The lowest BCUT2D eigenvalue weighted by Gasteiger charge is -1.97. The highest BCUT2D eigenvalue weighted by atomic mass is 16.6. The summed E-state index contributed by atoms with van der Waals surface area (Å²) in [7, 11) is 1.42. The average molecular weight is 299 g/mol. The van der Waals surface area contributed by atoms with Gasteiger partial charge in [-0.25, -0.2) is 0 Å². The molecule has 0 aliphatic heterocycles. The molecule has 0 aliphatic carbocycles. The van der Waals surface area contributed by atoms with E-state index in [1.54, 1.807) is 36.4 Å². The van der Waals surface area contributed by atoms with Gasteiger partial charge in [0, 0.05) is 5.56 Å². The molecule has 1 aromatic carbocycles. The van der Waals surface area contributed by atoms with Crippen molar-refractivity contribution in [3.05, 3.63) is 59.9 Å². The molecule has 3 rings (SSSR count). The highest BCUT2D eigenvalue weighted by Crippen LogP contribution is 2.18. The van der Waals surface area contributed by atoms with Crippen molar-refractivity contribution in [1.29, 1.82) is 0 Å². The van der Waals surface area contributed by atoms with E-state index in [4.69, 9.17) is 18.9 Å². The summed E-state index contributed by atoms with van der Waals surface area (Å²) in [6.07, 6.45) is 1.52. The van der Waals surface area contributed by atoms with Crippen molar-refractivity contribution >= 4 is 5.71 Å². The fraction of sp³-hybridized carbons (Fsp3) is 0.133. The van der Waals surface area contributed by atoms with Gasteiger partial charge in [0.25, 0.3) is 5.89 Å². The van der Waals surface area contributed by atoms with Crippen molar-refractivity contribution in [2.75, 3.05) is 7.11 Å². The zero-order valence-electron chi connectivity index (χ0n) is 11.8. The zero-order valence-corrected chi connectivity index (χ0v) is 11.8. The van der Waals surface area contributed by atoms with E-state index < -0.39 is 0 Å². The number of aliphatic hydroxyl groups is 1. The minimum absolute atomic E-state index is 0.0130. The van der Waals surface area contributed by atoms with Gasteiger partial charge >= 0.3 is 0 Å². The Morgan fingerprint density at radius 3 is 2.73 bits per heavy atom. The molecule has 0 amide bonds. The van der Waals surface area contributed by atoms with Gasteiger partial charge in [0.05, 0.1) is 12.9 Å². The van der Waals surface area contributed by atoms with Crippen LogP contribution in [0.5, 0.6) is 0 Å². The first-order chi connectivity index (χ1) is 10.8. The molecule has 3 aromatic rings. The maximum Gasteiger partial charge on any atom is 0.284 e. The molecular weight excluding hydrogens is 286 g/mol. The maximum atomic E-state index is 9.05. The number of benzene rings is 1. The van der Waals surface area contributed by atoms with Crippen molar-refractivity contribution in [2.24, 2.45) is 5.16 Å². The second-order valence-corrected chi connectivity index (χ2v) is 4.38. The molecule has 0 bridgehead atoms. The first-order valence-electron chi connectivity index (χ1n) is 6.51.